The second-order valence-electron chi connectivity index (χ2n) is 4.54. The number of aliphatic hydroxyl groups excluding tert-OH is 1. The molecule has 1 fully saturated rings. The number of hydrogen-bond donors (Lipinski definition) is 1. The molecule has 1 aromatic heterocycles. The third-order valence-corrected chi connectivity index (χ3v) is 3.30. The van der Waals surface area contributed by atoms with E-state index in [1.54, 1.807) is 4.90 Å². The Kier molecular flexibility index (Phi) is 4.10. The molecule has 1 amide bonds. The Bertz CT molecular complexity index is 473. The average Bonchev–Trinajstić information content (AvgIpc) is 3.04. The summed E-state index contributed by atoms with van der Waals surface area (Å²) in [6, 6.07) is -0.0791. The zero-order valence-electron chi connectivity index (χ0n) is 10.4. The van der Waals surface area contributed by atoms with Gasteiger partial charge in [0.1, 0.15) is 6.20 Å². The summed E-state index contributed by atoms with van der Waals surface area (Å²) in [4.78, 5) is 27.2. The topological polar surface area (TPSA) is 102 Å². The van der Waals surface area contributed by atoms with E-state index < -0.39 is 4.92 Å². The van der Waals surface area contributed by atoms with Crippen molar-refractivity contribution in [1.82, 2.24) is 14.5 Å². The van der Waals surface area contributed by atoms with E-state index in [2.05, 4.69) is 4.98 Å². The maximum Gasteiger partial charge on any atom is 0.381 e. The minimum absolute atomic E-state index is 0.0116. The highest BCUT2D eigenvalue weighted by molar-refractivity contribution is 5.76. The molecule has 1 aliphatic heterocycles. The third-order valence-electron chi connectivity index (χ3n) is 3.30. The first kappa shape index (κ1) is 13.5. The number of imidazole rings is 1. The number of nitro groups is 1. The standard InChI is InChI=1S/C11H16N4O4/c16-7-9-2-1-4-14(9)11(17)3-5-13-6-10(12-8-13)15(18)19/h6,8-9,16H,1-5,7H2/t9-/m1/s1. The van der Waals surface area contributed by atoms with Gasteiger partial charge in [-0.3, -0.25) is 4.79 Å². The molecule has 0 unspecified atom stereocenters. The fourth-order valence-corrected chi connectivity index (χ4v) is 2.29. The van der Waals surface area contributed by atoms with Crippen molar-refractivity contribution in [2.24, 2.45) is 0 Å². The molecule has 0 aliphatic carbocycles. The Morgan fingerprint density at radius 3 is 3.05 bits per heavy atom. The van der Waals surface area contributed by atoms with Crippen molar-refractivity contribution in [1.29, 1.82) is 0 Å². The summed E-state index contributed by atoms with van der Waals surface area (Å²) in [6.45, 7) is 1.02. The van der Waals surface area contributed by atoms with Crippen LogP contribution in [0.5, 0.6) is 0 Å². The van der Waals surface area contributed by atoms with Crippen molar-refractivity contribution >= 4 is 11.7 Å². The predicted molar refractivity (Wildman–Crippen MR) is 65.3 cm³/mol. The molecule has 104 valence electrons. The van der Waals surface area contributed by atoms with Gasteiger partial charge in [-0.05, 0) is 22.7 Å². The number of rotatable bonds is 5. The summed E-state index contributed by atoms with van der Waals surface area (Å²) in [5.41, 5.74) is 0. The van der Waals surface area contributed by atoms with E-state index in [0.717, 1.165) is 12.8 Å². The first-order valence-electron chi connectivity index (χ1n) is 6.18. The van der Waals surface area contributed by atoms with Gasteiger partial charge in [-0.15, -0.1) is 0 Å². The summed E-state index contributed by atoms with van der Waals surface area (Å²) in [6.07, 6.45) is 4.65. The highest BCUT2D eigenvalue weighted by Crippen LogP contribution is 2.18. The quantitative estimate of drug-likeness (QED) is 0.605. The van der Waals surface area contributed by atoms with Gasteiger partial charge in [-0.25, -0.2) is 0 Å². The fraction of sp³-hybridized carbons (Fsp3) is 0.636. The molecule has 1 aromatic rings. The summed E-state index contributed by atoms with van der Waals surface area (Å²) in [7, 11) is 0. The number of likely N-dealkylation sites (tertiary alicyclic amines) is 1. The number of aliphatic hydroxyl groups is 1. The molecule has 8 nitrogen and oxygen atoms in total. The van der Waals surface area contributed by atoms with E-state index in [-0.39, 0.29) is 30.8 Å². The zero-order valence-corrected chi connectivity index (χ0v) is 10.4. The molecule has 0 bridgehead atoms. The van der Waals surface area contributed by atoms with Crippen LogP contribution in [0.15, 0.2) is 12.5 Å². The van der Waals surface area contributed by atoms with Crippen LogP contribution in [-0.2, 0) is 11.3 Å². The van der Waals surface area contributed by atoms with E-state index in [0.29, 0.717) is 13.1 Å². The van der Waals surface area contributed by atoms with Gasteiger partial charge in [-0.1, -0.05) is 0 Å². The van der Waals surface area contributed by atoms with Crippen molar-refractivity contribution in [2.75, 3.05) is 13.2 Å². The van der Waals surface area contributed by atoms with Crippen molar-refractivity contribution in [3.8, 4) is 0 Å². The summed E-state index contributed by atoms with van der Waals surface area (Å²) in [5, 5.41) is 19.6. The van der Waals surface area contributed by atoms with Crippen LogP contribution in [0.2, 0.25) is 0 Å². The Morgan fingerprint density at radius 2 is 2.42 bits per heavy atom. The van der Waals surface area contributed by atoms with Gasteiger partial charge in [0.15, 0.2) is 0 Å². The first-order valence-corrected chi connectivity index (χ1v) is 6.18. The van der Waals surface area contributed by atoms with Crippen LogP contribution in [0.4, 0.5) is 5.82 Å². The monoisotopic (exact) mass is 268 g/mol. The lowest BCUT2D eigenvalue weighted by Crippen LogP contribution is -2.37. The lowest BCUT2D eigenvalue weighted by atomic mass is 10.2. The second-order valence-corrected chi connectivity index (χ2v) is 4.54. The Hall–Kier alpha value is -1.96. The van der Waals surface area contributed by atoms with Crippen molar-refractivity contribution < 1.29 is 14.8 Å². The van der Waals surface area contributed by atoms with Crippen LogP contribution in [-0.4, -0.2) is 49.6 Å². The Labute approximate surface area is 109 Å². The molecule has 19 heavy (non-hydrogen) atoms. The molecule has 0 radical (unpaired) electrons. The van der Waals surface area contributed by atoms with Gasteiger partial charge >= 0.3 is 5.82 Å². The zero-order chi connectivity index (χ0) is 13.8. The number of amides is 1. The summed E-state index contributed by atoms with van der Waals surface area (Å²) in [5.74, 6) is -0.255. The van der Waals surface area contributed by atoms with Gasteiger partial charge < -0.3 is 24.7 Å². The number of nitrogens with zero attached hydrogens (tertiary/aromatic N) is 4. The van der Waals surface area contributed by atoms with Crippen LogP contribution in [0, 0.1) is 10.1 Å². The average molecular weight is 268 g/mol. The van der Waals surface area contributed by atoms with E-state index in [1.165, 1.54) is 17.1 Å². The van der Waals surface area contributed by atoms with Crippen LogP contribution in [0.1, 0.15) is 19.3 Å². The van der Waals surface area contributed by atoms with E-state index in [1.807, 2.05) is 0 Å². The maximum atomic E-state index is 12.0. The molecule has 1 atom stereocenters. The summed E-state index contributed by atoms with van der Waals surface area (Å²) < 4.78 is 1.53. The van der Waals surface area contributed by atoms with Crippen molar-refractivity contribution in [3.05, 3.63) is 22.6 Å². The SMILES string of the molecule is O=C(CCn1cnc([N+](=O)[O-])c1)N1CCC[C@@H]1CO. The van der Waals surface area contributed by atoms with Gasteiger partial charge in [-0.2, -0.15) is 0 Å². The number of aryl methyl sites for hydroxylation is 1. The van der Waals surface area contributed by atoms with E-state index >= 15 is 0 Å². The van der Waals surface area contributed by atoms with Crippen LogP contribution < -0.4 is 0 Å². The molecular formula is C11H16N4O4. The van der Waals surface area contributed by atoms with Gasteiger partial charge in [0, 0.05) is 19.5 Å². The lowest BCUT2D eigenvalue weighted by Gasteiger charge is -2.22. The molecule has 0 spiro atoms. The van der Waals surface area contributed by atoms with Crippen LogP contribution in [0.25, 0.3) is 0 Å². The molecule has 0 aromatic carbocycles. The Balaban J connectivity index is 1.87. The number of aromatic nitrogens is 2. The molecule has 2 heterocycles. The molecule has 0 saturated carbocycles. The van der Waals surface area contributed by atoms with Crippen molar-refractivity contribution in [3.63, 3.8) is 0 Å². The minimum atomic E-state index is -0.569. The highest BCUT2D eigenvalue weighted by Gasteiger charge is 2.27. The largest absolute Gasteiger partial charge is 0.394 e. The predicted octanol–water partition coefficient (Wildman–Crippen LogP) is 0.165. The van der Waals surface area contributed by atoms with E-state index in [4.69, 9.17) is 5.11 Å². The molecule has 2 rings (SSSR count). The molecular weight excluding hydrogens is 252 g/mol. The third kappa shape index (κ3) is 3.08. The van der Waals surface area contributed by atoms with E-state index in [9.17, 15) is 14.9 Å². The molecule has 1 saturated heterocycles. The molecule has 1 N–H and O–H groups in total. The summed E-state index contributed by atoms with van der Waals surface area (Å²) >= 11 is 0. The maximum absolute atomic E-state index is 12.0. The minimum Gasteiger partial charge on any atom is -0.394 e. The van der Waals surface area contributed by atoms with Gasteiger partial charge in [0.25, 0.3) is 0 Å². The lowest BCUT2D eigenvalue weighted by molar-refractivity contribution is -0.389. The van der Waals surface area contributed by atoms with Gasteiger partial charge in [0.05, 0.1) is 12.6 Å². The molecule has 1 aliphatic rings. The first-order chi connectivity index (χ1) is 9.11. The highest BCUT2D eigenvalue weighted by atomic mass is 16.6. The molecule has 8 heteroatoms. The Morgan fingerprint density at radius 1 is 1.63 bits per heavy atom. The smallest absolute Gasteiger partial charge is 0.381 e. The van der Waals surface area contributed by atoms with Crippen LogP contribution >= 0.6 is 0 Å². The van der Waals surface area contributed by atoms with Crippen LogP contribution in [0.3, 0.4) is 0 Å². The number of hydrogen-bond acceptors (Lipinski definition) is 5. The van der Waals surface area contributed by atoms with Crippen molar-refractivity contribution in [2.45, 2.75) is 31.8 Å². The van der Waals surface area contributed by atoms with Gasteiger partial charge in [0.2, 0.25) is 12.2 Å². The number of carbonyl (C=O) groups excluding carboxylic acids is 1. The second kappa shape index (κ2) is 5.79. The fourth-order valence-electron chi connectivity index (χ4n) is 2.29. The number of carbonyl (C=O) groups is 1. The normalized spacial score (nSPS) is 18.8.